The zero-order valence-electron chi connectivity index (χ0n) is 14.8. The summed E-state index contributed by atoms with van der Waals surface area (Å²) >= 11 is 0. The largest absolute Gasteiger partial charge is 0.507 e. The first kappa shape index (κ1) is 17.2. The topological polar surface area (TPSA) is 61.3 Å². The van der Waals surface area contributed by atoms with Crippen LogP contribution < -0.4 is 5.32 Å². The fourth-order valence-corrected chi connectivity index (χ4v) is 3.31. The Kier molecular flexibility index (Phi) is 5.20. The number of aryl methyl sites for hydroxylation is 1. The Hall–Kier alpha value is -2.58. The van der Waals surface area contributed by atoms with Gasteiger partial charge in [-0.25, -0.2) is 0 Å². The molecule has 1 aliphatic heterocycles. The molecule has 1 aromatic heterocycles. The SMILES string of the molecule is C#Cc1ccc(-c2nnc(N[C@@H]3CCCN(CC)C3)cc2C)c(O)c1. The van der Waals surface area contributed by atoms with Crippen LogP contribution in [0.3, 0.4) is 0 Å². The smallest absolute Gasteiger partial charge is 0.149 e. The Balaban J connectivity index is 1.78. The van der Waals surface area contributed by atoms with Crippen LogP contribution in [0.15, 0.2) is 24.3 Å². The van der Waals surface area contributed by atoms with Crippen molar-refractivity contribution in [3.8, 4) is 29.4 Å². The summed E-state index contributed by atoms with van der Waals surface area (Å²) in [5.41, 5.74) is 2.92. The van der Waals surface area contributed by atoms with E-state index in [9.17, 15) is 5.11 Å². The van der Waals surface area contributed by atoms with E-state index in [1.165, 1.54) is 13.0 Å². The van der Waals surface area contributed by atoms with Gasteiger partial charge in [0.05, 0.1) is 5.69 Å². The van der Waals surface area contributed by atoms with Crippen molar-refractivity contribution < 1.29 is 5.11 Å². The van der Waals surface area contributed by atoms with E-state index in [0.29, 0.717) is 22.9 Å². The molecule has 0 saturated carbocycles. The monoisotopic (exact) mass is 336 g/mol. The lowest BCUT2D eigenvalue weighted by Gasteiger charge is -2.32. The maximum Gasteiger partial charge on any atom is 0.149 e. The predicted octanol–water partition coefficient (Wildman–Crippen LogP) is 3.04. The molecule has 1 aliphatic rings. The third-order valence-corrected chi connectivity index (χ3v) is 4.71. The van der Waals surface area contributed by atoms with Gasteiger partial charge in [0.1, 0.15) is 11.6 Å². The van der Waals surface area contributed by atoms with Gasteiger partial charge >= 0.3 is 0 Å². The Bertz CT molecular complexity index is 797. The summed E-state index contributed by atoms with van der Waals surface area (Å²) in [7, 11) is 0. The van der Waals surface area contributed by atoms with Gasteiger partial charge in [0, 0.05) is 23.7 Å². The van der Waals surface area contributed by atoms with Crippen molar-refractivity contribution >= 4 is 5.82 Å². The third kappa shape index (κ3) is 3.92. The number of nitrogens with zero attached hydrogens (tertiary/aromatic N) is 3. The van der Waals surface area contributed by atoms with Crippen LogP contribution in [0.2, 0.25) is 0 Å². The first-order valence-corrected chi connectivity index (χ1v) is 8.74. The van der Waals surface area contributed by atoms with Crippen LogP contribution in [0.1, 0.15) is 30.9 Å². The molecule has 0 aliphatic carbocycles. The summed E-state index contributed by atoms with van der Waals surface area (Å²) in [5, 5.41) is 22.3. The van der Waals surface area contributed by atoms with Crippen LogP contribution in [-0.2, 0) is 0 Å². The van der Waals surface area contributed by atoms with Crippen LogP contribution >= 0.6 is 0 Å². The minimum absolute atomic E-state index is 0.124. The number of benzene rings is 1. The molecule has 2 aromatic rings. The average Bonchev–Trinajstić information content (AvgIpc) is 2.62. The molecule has 0 amide bonds. The molecule has 1 fully saturated rings. The molecule has 0 unspecified atom stereocenters. The maximum absolute atomic E-state index is 10.2. The standard InChI is InChI=1S/C20H24N4O/c1-4-15-8-9-17(18(25)12-15)20-14(3)11-19(22-23-20)21-16-7-6-10-24(5-2)13-16/h1,8-9,11-12,16,25H,5-7,10,13H2,2-3H3,(H,21,22)/t16-/m1/s1. The van der Waals surface area contributed by atoms with Gasteiger partial charge in [-0.3, -0.25) is 0 Å². The van der Waals surface area contributed by atoms with Crippen LogP contribution in [0, 0.1) is 19.3 Å². The minimum Gasteiger partial charge on any atom is -0.507 e. The fraction of sp³-hybridized carbons (Fsp3) is 0.400. The molecule has 0 spiro atoms. The fourth-order valence-electron chi connectivity index (χ4n) is 3.31. The highest BCUT2D eigenvalue weighted by Crippen LogP contribution is 2.31. The predicted molar refractivity (Wildman–Crippen MR) is 101 cm³/mol. The van der Waals surface area contributed by atoms with Gasteiger partial charge in [-0.15, -0.1) is 16.6 Å². The molecule has 3 rings (SSSR count). The van der Waals surface area contributed by atoms with Crippen LogP contribution in [0.5, 0.6) is 5.75 Å². The Morgan fingerprint density at radius 3 is 2.88 bits per heavy atom. The quantitative estimate of drug-likeness (QED) is 0.841. The van der Waals surface area contributed by atoms with Crippen molar-refractivity contribution in [2.45, 2.75) is 32.7 Å². The first-order valence-electron chi connectivity index (χ1n) is 8.74. The number of likely N-dealkylation sites (N-methyl/N-ethyl adjacent to an activating group) is 1. The second-order valence-corrected chi connectivity index (χ2v) is 6.51. The van der Waals surface area contributed by atoms with E-state index in [-0.39, 0.29) is 5.75 Å². The second-order valence-electron chi connectivity index (χ2n) is 6.51. The molecule has 130 valence electrons. The van der Waals surface area contributed by atoms with Crippen LogP contribution in [-0.4, -0.2) is 45.9 Å². The molecule has 0 bridgehead atoms. The zero-order valence-corrected chi connectivity index (χ0v) is 14.8. The number of hydrogen-bond donors (Lipinski definition) is 2. The Labute approximate surface area is 149 Å². The zero-order chi connectivity index (χ0) is 17.8. The lowest BCUT2D eigenvalue weighted by Crippen LogP contribution is -2.42. The number of piperidine rings is 1. The summed E-state index contributed by atoms with van der Waals surface area (Å²) in [4.78, 5) is 2.45. The normalized spacial score (nSPS) is 17.9. The van der Waals surface area contributed by atoms with Gasteiger partial charge < -0.3 is 15.3 Å². The lowest BCUT2D eigenvalue weighted by molar-refractivity contribution is 0.226. The number of terminal acetylenes is 1. The Morgan fingerprint density at radius 2 is 2.20 bits per heavy atom. The number of anilines is 1. The third-order valence-electron chi connectivity index (χ3n) is 4.71. The van der Waals surface area contributed by atoms with E-state index in [4.69, 9.17) is 6.42 Å². The summed E-state index contributed by atoms with van der Waals surface area (Å²) in [6.07, 6.45) is 7.71. The molecule has 1 atom stereocenters. The molecule has 25 heavy (non-hydrogen) atoms. The highest BCUT2D eigenvalue weighted by molar-refractivity contribution is 5.71. The van der Waals surface area contributed by atoms with Crippen molar-refractivity contribution in [2.24, 2.45) is 0 Å². The molecule has 5 heteroatoms. The van der Waals surface area contributed by atoms with Gasteiger partial charge in [0.15, 0.2) is 0 Å². The highest BCUT2D eigenvalue weighted by atomic mass is 16.3. The number of rotatable bonds is 4. The molecule has 0 radical (unpaired) electrons. The molecule has 2 N–H and O–H groups in total. The van der Waals surface area contributed by atoms with Gasteiger partial charge in [0.25, 0.3) is 0 Å². The van der Waals surface area contributed by atoms with Crippen molar-refractivity contribution in [3.63, 3.8) is 0 Å². The number of aromatic hydroxyl groups is 1. The van der Waals surface area contributed by atoms with E-state index in [2.05, 4.69) is 33.3 Å². The van der Waals surface area contributed by atoms with Gasteiger partial charge in [-0.1, -0.05) is 12.8 Å². The first-order chi connectivity index (χ1) is 12.1. The number of hydrogen-bond acceptors (Lipinski definition) is 5. The molecule has 2 heterocycles. The van der Waals surface area contributed by atoms with Crippen molar-refractivity contribution in [3.05, 3.63) is 35.4 Å². The number of phenolic OH excluding ortho intramolecular Hbond substituents is 1. The number of phenols is 1. The van der Waals surface area contributed by atoms with Crippen molar-refractivity contribution in [1.82, 2.24) is 15.1 Å². The molecule has 1 aromatic carbocycles. The van der Waals surface area contributed by atoms with Gasteiger partial charge in [-0.2, -0.15) is 0 Å². The van der Waals surface area contributed by atoms with E-state index >= 15 is 0 Å². The molecule has 1 saturated heterocycles. The van der Waals surface area contributed by atoms with Crippen molar-refractivity contribution in [2.75, 3.05) is 25.0 Å². The molecular weight excluding hydrogens is 312 g/mol. The van der Waals surface area contributed by atoms with Crippen LogP contribution in [0.25, 0.3) is 11.3 Å². The van der Waals surface area contributed by atoms with E-state index in [1.54, 1.807) is 18.2 Å². The lowest BCUT2D eigenvalue weighted by atomic mass is 10.0. The molecule has 5 nitrogen and oxygen atoms in total. The van der Waals surface area contributed by atoms with E-state index in [0.717, 1.165) is 30.9 Å². The molecular formula is C20H24N4O. The highest BCUT2D eigenvalue weighted by Gasteiger charge is 2.19. The summed E-state index contributed by atoms with van der Waals surface area (Å²) in [6.45, 7) is 7.45. The Morgan fingerprint density at radius 1 is 1.36 bits per heavy atom. The van der Waals surface area contributed by atoms with Gasteiger partial charge in [-0.05, 0) is 62.7 Å². The second kappa shape index (κ2) is 7.54. The van der Waals surface area contributed by atoms with Gasteiger partial charge in [0.2, 0.25) is 0 Å². The van der Waals surface area contributed by atoms with Crippen molar-refractivity contribution in [1.29, 1.82) is 0 Å². The van der Waals surface area contributed by atoms with E-state index < -0.39 is 0 Å². The number of aromatic nitrogens is 2. The average molecular weight is 336 g/mol. The number of likely N-dealkylation sites (tertiary alicyclic amines) is 1. The van der Waals surface area contributed by atoms with E-state index in [1.807, 2.05) is 13.0 Å². The number of nitrogens with one attached hydrogen (secondary N) is 1. The minimum atomic E-state index is 0.124. The maximum atomic E-state index is 10.2. The van der Waals surface area contributed by atoms with Crippen LogP contribution in [0.4, 0.5) is 5.82 Å². The summed E-state index contributed by atoms with van der Waals surface area (Å²) in [5.74, 6) is 3.42. The summed E-state index contributed by atoms with van der Waals surface area (Å²) in [6, 6.07) is 7.54. The summed E-state index contributed by atoms with van der Waals surface area (Å²) < 4.78 is 0.